The van der Waals surface area contributed by atoms with Gasteiger partial charge in [-0.3, -0.25) is 0 Å². The van der Waals surface area contributed by atoms with Crippen molar-refractivity contribution in [3.8, 4) is 0 Å². The lowest BCUT2D eigenvalue weighted by Gasteiger charge is -2.03. The minimum absolute atomic E-state index is 0.0724. The number of nitrogens with two attached hydrogens (primary N) is 1. The average Bonchev–Trinajstić information content (AvgIpc) is 2.11. The Morgan fingerprint density at radius 3 is 2.87 bits per heavy atom. The van der Waals surface area contributed by atoms with Crippen molar-refractivity contribution in [3.63, 3.8) is 0 Å². The Hall–Kier alpha value is -1.05. The van der Waals surface area contributed by atoms with Gasteiger partial charge in [0.05, 0.1) is 11.4 Å². The van der Waals surface area contributed by atoms with Crippen LogP contribution in [0.1, 0.15) is 11.5 Å². The van der Waals surface area contributed by atoms with Crippen molar-refractivity contribution in [1.82, 2.24) is 15.3 Å². The van der Waals surface area contributed by atoms with E-state index in [2.05, 4.69) is 15.3 Å². The molecule has 15 heavy (non-hydrogen) atoms. The molecule has 1 heterocycles. The third-order valence-electron chi connectivity index (χ3n) is 1.70. The molecule has 0 aliphatic carbocycles. The van der Waals surface area contributed by atoms with Gasteiger partial charge >= 0.3 is 0 Å². The van der Waals surface area contributed by atoms with Crippen LogP contribution in [0.5, 0.6) is 0 Å². The third-order valence-corrected chi connectivity index (χ3v) is 2.48. The number of hydrogen-bond acceptors (Lipinski definition) is 5. The summed E-state index contributed by atoms with van der Waals surface area (Å²) in [6.45, 7) is 2.63. The minimum Gasteiger partial charge on any atom is -0.310 e. The van der Waals surface area contributed by atoms with E-state index in [0.717, 1.165) is 5.69 Å². The third kappa shape index (κ3) is 5.40. The van der Waals surface area contributed by atoms with Crippen LogP contribution in [0.4, 0.5) is 0 Å². The van der Waals surface area contributed by atoms with Gasteiger partial charge in [0, 0.05) is 19.3 Å². The number of nitrogens with zero attached hydrogens (tertiary/aromatic N) is 2. The molecule has 0 fully saturated rings. The van der Waals surface area contributed by atoms with Crippen LogP contribution in [-0.4, -0.2) is 30.7 Å². The highest BCUT2D eigenvalue weighted by Gasteiger charge is 2.01. The predicted molar refractivity (Wildman–Crippen MR) is 56.4 cm³/mol. The average molecular weight is 230 g/mol. The van der Waals surface area contributed by atoms with Crippen LogP contribution >= 0.6 is 0 Å². The largest absolute Gasteiger partial charge is 0.310 e. The summed E-state index contributed by atoms with van der Waals surface area (Å²) in [5.74, 6) is 0.623. The van der Waals surface area contributed by atoms with E-state index in [4.69, 9.17) is 5.14 Å². The number of rotatable bonds is 5. The molecular weight excluding hydrogens is 216 g/mol. The van der Waals surface area contributed by atoms with Gasteiger partial charge in [0.25, 0.3) is 0 Å². The lowest BCUT2D eigenvalue weighted by atomic mass is 10.4. The van der Waals surface area contributed by atoms with Crippen LogP contribution in [-0.2, 0) is 16.6 Å². The van der Waals surface area contributed by atoms with E-state index in [9.17, 15) is 8.42 Å². The molecule has 0 spiro atoms. The summed E-state index contributed by atoms with van der Waals surface area (Å²) in [4.78, 5) is 8.11. The second-order valence-electron chi connectivity index (χ2n) is 3.14. The molecule has 7 heteroatoms. The van der Waals surface area contributed by atoms with E-state index in [0.29, 0.717) is 18.9 Å². The van der Waals surface area contributed by atoms with Crippen LogP contribution in [0, 0.1) is 6.92 Å². The highest BCUT2D eigenvalue weighted by molar-refractivity contribution is 7.89. The van der Waals surface area contributed by atoms with Crippen molar-refractivity contribution in [2.75, 3.05) is 12.3 Å². The second-order valence-corrected chi connectivity index (χ2v) is 4.87. The van der Waals surface area contributed by atoms with E-state index >= 15 is 0 Å². The van der Waals surface area contributed by atoms with Crippen molar-refractivity contribution in [2.45, 2.75) is 13.5 Å². The van der Waals surface area contributed by atoms with Crippen LogP contribution < -0.4 is 10.5 Å². The maximum absolute atomic E-state index is 10.6. The molecule has 1 aromatic rings. The van der Waals surface area contributed by atoms with E-state index in [-0.39, 0.29) is 5.75 Å². The smallest absolute Gasteiger partial charge is 0.210 e. The summed E-state index contributed by atoms with van der Waals surface area (Å²) in [7, 11) is -3.38. The van der Waals surface area contributed by atoms with Gasteiger partial charge in [-0.2, -0.15) is 0 Å². The zero-order valence-corrected chi connectivity index (χ0v) is 9.29. The van der Waals surface area contributed by atoms with E-state index in [1.54, 1.807) is 19.2 Å². The first-order valence-electron chi connectivity index (χ1n) is 4.47. The second kappa shape index (κ2) is 5.15. The maximum Gasteiger partial charge on any atom is 0.210 e. The SMILES string of the molecule is Cc1nccc(CNCCS(N)(=O)=O)n1. The molecule has 0 radical (unpaired) electrons. The van der Waals surface area contributed by atoms with E-state index < -0.39 is 10.0 Å². The number of primary sulfonamides is 1. The van der Waals surface area contributed by atoms with Gasteiger partial charge in [0.1, 0.15) is 5.82 Å². The highest BCUT2D eigenvalue weighted by Crippen LogP contribution is 1.93. The van der Waals surface area contributed by atoms with Crippen LogP contribution in [0.2, 0.25) is 0 Å². The topological polar surface area (TPSA) is 98.0 Å². The molecule has 0 aromatic carbocycles. The first-order chi connectivity index (χ1) is 6.97. The fourth-order valence-electron chi connectivity index (χ4n) is 1.03. The maximum atomic E-state index is 10.6. The summed E-state index contributed by atoms with van der Waals surface area (Å²) in [5, 5.41) is 7.78. The molecule has 1 rings (SSSR count). The molecule has 0 saturated heterocycles. The van der Waals surface area contributed by atoms with Gasteiger partial charge in [0.2, 0.25) is 10.0 Å². The summed E-state index contributed by atoms with van der Waals surface area (Å²) < 4.78 is 21.2. The van der Waals surface area contributed by atoms with E-state index in [1.807, 2.05) is 0 Å². The predicted octanol–water partition coefficient (Wildman–Crippen LogP) is -0.837. The Labute approximate surface area is 89.0 Å². The Balaban J connectivity index is 2.32. The quantitative estimate of drug-likeness (QED) is 0.643. The summed E-state index contributed by atoms with van der Waals surface area (Å²) in [6, 6.07) is 1.77. The molecule has 84 valence electrons. The fourth-order valence-corrected chi connectivity index (χ4v) is 1.46. The number of aryl methyl sites for hydroxylation is 1. The number of aromatic nitrogens is 2. The molecular formula is C8H14N4O2S. The van der Waals surface area contributed by atoms with Gasteiger partial charge < -0.3 is 5.32 Å². The van der Waals surface area contributed by atoms with Crippen LogP contribution in [0.3, 0.4) is 0 Å². The lowest BCUT2D eigenvalue weighted by molar-refractivity contribution is 0.591. The zero-order chi connectivity index (χ0) is 11.3. The standard InChI is InChI=1S/C8H14N4O2S/c1-7-11-3-2-8(12-7)6-10-4-5-15(9,13)14/h2-3,10H,4-6H2,1H3,(H2,9,13,14). The molecule has 0 bridgehead atoms. The van der Waals surface area contributed by atoms with Gasteiger partial charge in [-0.1, -0.05) is 0 Å². The Morgan fingerprint density at radius 2 is 2.27 bits per heavy atom. The monoisotopic (exact) mass is 230 g/mol. The van der Waals surface area contributed by atoms with Crippen molar-refractivity contribution < 1.29 is 8.42 Å². The molecule has 6 nitrogen and oxygen atoms in total. The summed E-state index contributed by atoms with van der Waals surface area (Å²) >= 11 is 0. The number of sulfonamides is 1. The lowest BCUT2D eigenvalue weighted by Crippen LogP contribution is -2.27. The van der Waals surface area contributed by atoms with Gasteiger partial charge in [-0.25, -0.2) is 23.5 Å². The van der Waals surface area contributed by atoms with Gasteiger partial charge in [-0.05, 0) is 13.0 Å². The Morgan fingerprint density at radius 1 is 1.53 bits per heavy atom. The number of hydrogen-bond donors (Lipinski definition) is 2. The van der Waals surface area contributed by atoms with Crippen LogP contribution in [0.25, 0.3) is 0 Å². The summed E-state index contributed by atoms with van der Waals surface area (Å²) in [5.41, 5.74) is 0.830. The first kappa shape index (κ1) is 12.0. The molecule has 0 unspecified atom stereocenters. The van der Waals surface area contributed by atoms with Crippen molar-refractivity contribution in [1.29, 1.82) is 0 Å². The van der Waals surface area contributed by atoms with Gasteiger partial charge in [-0.15, -0.1) is 0 Å². The first-order valence-corrected chi connectivity index (χ1v) is 6.18. The Bertz CT molecular complexity index is 418. The Kier molecular flexibility index (Phi) is 4.13. The minimum atomic E-state index is -3.38. The molecule has 0 aliphatic rings. The number of nitrogens with one attached hydrogen (secondary N) is 1. The van der Waals surface area contributed by atoms with E-state index in [1.165, 1.54) is 0 Å². The van der Waals surface area contributed by atoms with Crippen molar-refractivity contribution in [3.05, 3.63) is 23.8 Å². The zero-order valence-electron chi connectivity index (χ0n) is 8.47. The molecule has 1 aromatic heterocycles. The molecule has 0 aliphatic heterocycles. The molecule has 3 N–H and O–H groups in total. The fraction of sp³-hybridized carbons (Fsp3) is 0.500. The molecule has 0 saturated carbocycles. The van der Waals surface area contributed by atoms with Gasteiger partial charge in [0.15, 0.2) is 0 Å². The van der Waals surface area contributed by atoms with Crippen molar-refractivity contribution in [2.24, 2.45) is 5.14 Å². The molecule has 0 atom stereocenters. The summed E-state index contributed by atoms with van der Waals surface area (Å²) in [6.07, 6.45) is 1.67. The van der Waals surface area contributed by atoms with Crippen LogP contribution in [0.15, 0.2) is 12.3 Å². The highest BCUT2D eigenvalue weighted by atomic mass is 32.2. The molecule has 0 amide bonds. The normalized spacial score (nSPS) is 11.6. The van der Waals surface area contributed by atoms with Crippen molar-refractivity contribution >= 4 is 10.0 Å².